The minimum Gasteiger partial charge on any atom is -0.351 e. The fourth-order valence-electron chi connectivity index (χ4n) is 2.37. The quantitative estimate of drug-likeness (QED) is 0.838. The summed E-state index contributed by atoms with van der Waals surface area (Å²) in [4.78, 5) is 20.5. The van der Waals surface area contributed by atoms with E-state index in [-0.39, 0.29) is 5.91 Å². The van der Waals surface area contributed by atoms with Gasteiger partial charge in [0.1, 0.15) is 5.69 Å². The van der Waals surface area contributed by atoms with E-state index in [1.165, 1.54) is 12.8 Å². The highest BCUT2D eigenvalue weighted by molar-refractivity contribution is 5.92. The summed E-state index contributed by atoms with van der Waals surface area (Å²) in [7, 11) is 0. The Kier molecular flexibility index (Phi) is 5.32. The van der Waals surface area contributed by atoms with Crippen LogP contribution in [0.2, 0.25) is 0 Å². The Labute approximate surface area is 120 Å². The number of hydrogen-bond donors (Lipinski definition) is 2. The molecular formula is C15H24N4O. The smallest absolute Gasteiger partial charge is 0.270 e. The summed E-state index contributed by atoms with van der Waals surface area (Å²) in [5.41, 5.74) is 0.434. The molecule has 1 heterocycles. The van der Waals surface area contributed by atoms with Gasteiger partial charge < -0.3 is 10.6 Å². The molecule has 0 unspecified atom stereocenters. The van der Waals surface area contributed by atoms with Gasteiger partial charge in [-0.3, -0.25) is 4.79 Å². The number of anilines is 1. The third-order valence-corrected chi connectivity index (χ3v) is 3.58. The van der Waals surface area contributed by atoms with Crippen molar-refractivity contribution in [3.8, 4) is 0 Å². The molecule has 0 spiro atoms. The number of carbonyl (C=O) groups is 1. The monoisotopic (exact) mass is 276 g/mol. The number of nitrogens with one attached hydrogen (secondary N) is 2. The Balaban J connectivity index is 1.89. The van der Waals surface area contributed by atoms with Crippen molar-refractivity contribution < 1.29 is 4.79 Å². The molecule has 5 nitrogen and oxygen atoms in total. The van der Waals surface area contributed by atoms with Gasteiger partial charge in [-0.1, -0.05) is 26.7 Å². The summed E-state index contributed by atoms with van der Waals surface area (Å²) in [6.07, 6.45) is 7.45. The van der Waals surface area contributed by atoms with E-state index < -0.39 is 0 Å². The number of nitrogens with zero attached hydrogens (tertiary/aromatic N) is 2. The molecule has 0 radical (unpaired) electrons. The molecule has 1 fully saturated rings. The third kappa shape index (κ3) is 4.47. The normalized spacial score (nSPS) is 15.6. The minimum atomic E-state index is -0.123. The second kappa shape index (κ2) is 7.22. The van der Waals surface area contributed by atoms with Gasteiger partial charge in [-0.15, -0.1) is 0 Å². The van der Waals surface area contributed by atoms with Crippen molar-refractivity contribution >= 4 is 11.9 Å². The Bertz CT molecular complexity index is 441. The van der Waals surface area contributed by atoms with Crippen LogP contribution in [0.5, 0.6) is 0 Å². The molecule has 20 heavy (non-hydrogen) atoms. The van der Waals surface area contributed by atoms with Crippen LogP contribution < -0.4 is 10.6 Å². The Morgan fingerprint density at radius 3 is 2.85 bits per heavy atom. The lowest BCUT2D eigenvalue weighted by Gasteiger charge is -2.12. The highest BCUT2D eigenvalue weighted by atomic mass is 16.1. The largest absolute Gasteiger partial charge is 0.351 e. The second-order valence-corrected chi connectivity index (χ2v) is 5.83. The van der Waals surface area contributed by atoms with Crippen molar-refractivity contribution in [1.29, 1.82) is 0 Å². The molecule has 5 heteroatoms. The summed E-state index contributed by atoms with van der Waals surface area (Å²) in [6.45, 7) is 4.97. The van der Waals surface area contributed by atoms with E-state index in [2.05, 4.69) is 34.4 Å². The van der Waals surface area contributed by atoms with Crippen molar-refractivity contribution in [1.82, 2.24) is 15.3 Å². The molecule has 1 amide bonds. The zero-order chi connectivity index (χ0) is 14.4. The molecular weight excluding hydrogens is 252 g/mol. The summed E-state index contributed by atoms with van der Waals surface area (Å²) in [6, 6.07) is 2.11. The van der Waals surface area contributed by atoms with E-state index in [0.29, 0.717) is 30.1 Å². The van der Waals surface area contributed by atoms with Gasteiger partial charge >= 0.3 is 0 Å². The molecule has 2 N–H and O–H groups in total. The van der Waals surface area contributed by atoms with Gasteiger partial charge in [-0.2, -0.15) is 0 Å². The number of hydrogen-bond acceptors (Lipinski definition) is 4. The first-order valence-corrected chi connectivity index (χ1v) is 7.53. The first-order valence-electron chi connectivity index (χ1n) is 7.53. The molecule has 1 aromatic rings. The predicted octanol–water partition coefficient (Wildman–Crippen LogP) is 2.61. The van der Waals surface area contributed by atoms with Crippen LogP contribution in [0.4, 0.5) is 5.95 Å². The maximum Gasteiger partial charge on any atom is 0.270 e. The lowest BCUT2D eigenvalue weighted by atomic mass is 10.1. The van der Waals surface area contributed by atoms with Gasteiger partial charge in [0.25, 0.3) is 5.91 Å². The van der Waals surface area contributed by atoms with Crippen molar-refractivity contribution in [3.05, 3.63) is 18.0 Å². The van der Waals surface area contributed by atoms with Crippen LogP contribution in [0.1, 0.15) is 56.4 Å². The molecule has 1 saturated carbocycles. The van der Waals surface area contributed by atoms with E-state index in [0.717, 1.165) is 19.3 Å². The SMILES string of the molecule is CC(C)CCNC(=O)c1ccnc(NC2CCCC2)n1. The predicted molar refractivity (Wildman–Crippen MR) is 79.7 cm³/mol. The van der Waals surface area contributed by atoms with Gasteiger partial charge in [0.15, 0.2) is 0 Å². The number of rotatable bonds is 6. The number of aromatic nitrogens is 2. The fraction of sp³-hybridized carbons (Fsp3) is 0.667. The van der Waals surface area contributed by atoms with Gasteiger partial charge in [0.05, 0.1) is 0 Å². The zero-order valence-corrected chi connectivity index (χ0v) is 12.4. The number of amides is 1. The molecule has 2 rings (SSSR count). The van der Waals surface area contributed by atoms with Crippen LogP contribution in [0, 0.1) is 5.92 Å². The standard InChI is InChI=1S/C15H24N4O/c1-11(2)7-9-16-14(20)13-8-10-17-15(19-13)18-12-5-3-4-6-12/h8,10-12H,3-7,9H2,1-2H3,(H,16,20)(H,17,18,19). The van der Waals surface area contributed by atoms with Crippen molar-refractivity contribution in [2.24, 2.45) is 5.92 Å². The van der Waals surface area contributed by atoms with Crippen LogP contribution >= 0.6 is 0 Å². The molecule has 0 aliphatic heterocycles. The zero-order valence-electron chi connectivity index (χ0n) is 12.4. The highest BCUT2D eigenvalue weighted by Gasteiger charge is 2.16. The van der Waals surface area contributed by atoms with E-state index in [9.17, 15) is 4.79 Å². The van der Waals surface area contributed by atoms with Gasteiger partial charge in [0.2, 0.25) is 5.95 Å². The van der Waals surface area contributed by atoms with Crippen LogP contribution in [0.25, 0.3) is 0 Å². The number of carbonyl (C=O) groups excluding carboxylic acids is 1. The molecule has 1 aliphatic carbocycles. The molecule has 0 aromatic carbocycles. The van der Waals surface area contributed by atoms with Crippen molar-refractivity contribution in [2.75, 3.05) is 11.9 Å². The molecule has 0 atom stereocenters. The molecule has 0 bridgehead atoms. The second-order valence-electron chi connectivity index (χ2n) is 5.83. The highest BCUT2D eigenvalue weighted by Crippen LogP contribution is 2.20. The average Bonchev–Trinajstić information content (AvgIpc) is 2.91. The van der Waals surface area contributed by atoms with Gasteiger partial charge in [-0.05, 0) is 31.2 Å². The summed E-state index contributed by atoms with van der Waals surface area (Å²) >= 11 is 0. The summed E-state index contributed by atoms with van der Waals surface area (Å²) in [5.74, 6) is 1.02. The summed E-state index contributed by atoms with van der Waals surface area (Å²) < 4.78 is 0. The Morgan fingerprint density at radius 2 is 2.15 bits per heavy atom. The minimum absolute atomic E-state index is 0.123. The maximum absolute atomic E-state index is 12.0. The van der Waals surface area contributed by atoms with E-state index in [1.807, 2.05) is 0 Å². The van der Waals surface area contributed by atoms with E-state index >= 15 is 0 Å². The van der Waals surface area contributed by atoms with Crippen LogP contribution in [-0.2, 0) is 0 Å². The van der Waals surface area contributed by atoms with E-state index in [4.69, 9.17) is 0 Å². The first-order chi connectivity index (χ1) is 9.65. The topological polar surface area (TPSA) is 66.9 Å². The Hall–Kier alpha value is -1.65. The maximum atomic E-state index is 12.0. The fourth-order valence-corrected chi connectivity index (χ4v) is 2.37. The molecule has 1 aliphatic rings. The van der Waals surface area contributed by atoms with E-state index in [1.54, 1.807) is 12.3 Å². The van der Waals surface area contributed by atoms with Gasteiger partial charge in [0, 0.05) is 18.8 Å². The average molecular weight is 276 g/mol. The lowest BCUT2D eigenvalue weighted by molar-refractivity contribution is 0.0947. The van der Waals surface area contributed by atoms with Crippen LogP contribution in [0.3, 0.4) is 0 Å². The summed E-state index contributed by atoms with van der Waals surface area (Å²) in [5, 5.41) is 6.20. The lowest BCUT2D eigenvalue weighted by Crippen LogP contribution is -2.27. The van der Waals surface area contributed by atoms with Gasteiger partial charge in [-0.25, -0.2) is 9.97 Å². The van der Waals surface area contributed by atoms with Crippen molar-refractivity contribution in [3.63, 3.8) is 0 Å². The molecule has 0 saturated heterocycles. The van der Waals surface area contributed by atoms with Crippen molar-refractivity contribution in [2.45, 2.75) is 52.0 Å². The Morgan fingerprint density at radius 1 is 1.40 bits per heavy atom. The first kappa shape index (κ1) is 14.8. The van der Waals surface area contributed by atoms with Crippen LogP contribution in [-0.4, -0.2) is 28.5 Å². The molecule has 1 aromatic heterocycles. The van der Waals surface area contributed by atoms with Crippen LogP contribution in [0.15, 0.2) is 12.3 Å². The molecule has 110 valence electrons. The third-order valence-electron chi connectivity index (χ3n) is 3.58.